The maximum absolute atomic E-state index is 12.5. The quantitative estimate of drug-likeness (QED) is 0.802. The summed E-state index contributed by atoms with van der Waals surface area (Å²) >= 11 is 0. The molecule has 1 heterocycles. The van der Waals surface area contributed by atoms with E-state index in [1.165, 1.54) is 0 Å². The van der Waals surface area contributed by atoms with E-state index in [-0.39, 0.29) is 17.9 Å². The van der Waals surface area contributed by atoms with Crippen LogP contribution in [0.15, 0.2) is 0 Å². The fraction of sp³-hybridized carbons (Fsp3) is 0.846. The second kappa shape index (κ2) is 4.31. The third-order valence-electron chi connectivity index (χ3n) is 4.25. The van der Waals surface area contributed by atoms with E-state index in [1.54, 1.807) is 4.90 Å². The molecular formula is C13H22N2O2. The van der Waals surface area contributed by atoms with Gasteiger partial charge in [0, 0.05) is 6.54 Å². The maximum atomic E-state index is 12.5. The van der Waals surface area contributed by atoms with Crippen molar-refractivity contribution < 1.29 is 9.59 Å². The Morgan fingerprint density at radius 3 is 2.24 bits per heavy atom. The molecule has 2 amide bonds. The van der Waals surface area contributed by atoms with Crippen molar-refractivity contribution in [2.45, 2.75) is 58.0 Å². The third kappa shape index (κ3) is 1.83. The lowest BCUT2D eigenvalue weighted by molar-refractivity contribution is -0.156. The van der Waals surface area contributed by atoms with E-state index in [1.807, 2.05) is 20.8 Å². The molecule has 0 radical (unpaired) electrons. The lowest BCUT2D eigenvalue weighted by Gasteiger charge is -2.45. The van der Waals surface area contributed by atoms with Crippen molar-refractivity contribution in [3.05, 3.63) is 0 Å². The predicted octanol–water partition coefficient (Wildman–Crippen LogP) is 1.30. The highest BCUT2D eigenvalue weighted by atomic mass is 16.2. The second-order valence-corrected chi connectivity index (χ2v) is 5.15. The average Bonchev–Trinajstić information content (AvgIpc) is 3.15. The van der Waals surface area contributed by atoms with Crippen molar-refractivity contribution in [3.63, 3.8) is 0 Å². The number of nitrogens with zero attached hydrogens (tertiary/aromatic N) is 1. The summed E-state index contributed by atoms with van der Waals surface area (Å²) in [5.74, 6) is 0.560. The number of likely N-dealkylation sites (N-methyl/N-ethyl adjacent to an activating group) is 1. The van der Waals surface area contributed by atoms with Crippen LogP contribution < -0.4 is 5.32 Å². The summed E-state index contributed by atoms with van der Waals surface area (Å²) in [7, 11) is 0. The molecule has 1 saturated carbocycles. The van der Waals surface area contributed by atoms with Crippen molar-refractivity contribution in [2.75, 3.05) is 6.54 Å². The van der Waals surface area contributed by atoms with Crippen LogP contribution in [0.2, 0.25) is 0 Å². The molecule has 0 aromatic carbocycles. The van der Waals surface area contributed by atoms with Crippen LogP contribution >= 0.6 is 0 Å². The van der Waals surface area contributed by atoms with Crippen LogP contribution in [0.1, 0.15) is 46.5 Å². The van der Waals surface area contributed by atoms with Gasteiger partial charge >= 0.3 is 0 Å². The number of rotatable bonds is 4. The van der Waals surface area contributed by atoms with E-state index in [4.69, 9.17) is 0 Å². The Morgan fingerprint density at radius 2 is 1.82 bits per heavy atom. The largest absolute Gasteiger partial charge is 0.340 e. The van der Waals surface area contributed by atoms with Gasteiger partial charge in [-0.2, -0.15) is 0 Å². The van der Waals surface area contributed by atoms with Crippen molar-refractivity contribution in [1.29, 1.82) is 0 Å². The molecule has 4 nitrogen and oxygen atoms in total. The number of carbonyl (C=O) groups is 2. The van der Waals surface area contributed by atoms with Crippen LogP contribution in [0.4, 0.5) is 0 Å². The first-order valence-electron chi connectivity index (χ1n) is 6.72. The molecule has 0 aromatic rings. The van der Waals surface area contributed by atoms with Gasteiger partial charge in [0.15, 0.2) is 0 Å². The van der Waals surface area contributed by atoms with Gasteiger partial charge in [0.05, 0.1) is 0 Å². The van der Waals surface area contributed by atoms with Crippen molar-refractivity contribution in [3.8, 4) is 0 Å². The van der Waals surface area contributed by atoms with Gasteiger partial charge in [0.2, 0.25) is 11.8 Å². The SMILES string of the molecule is CCN1C(=O)C(CC)(CC)NC(=O)C1C1CC1. The van der Waals surface area contributed by atoms with Gasteiger partial charge in [0.1, 0.15) is 11.6 Å². The molecule has 17 heavy (non-hydrogen) atoms. The van der Waals surface area contributed by atoms with Crippen molar-refractivity contribution >= 4 is 11.8 Å². The van der Waals surface area contributed by atoms with Crippen LogP contribution in [0.25, 0.3) is 0 Å². The van der Waals surface area contributed by atoms with Crippen LogP contribution in [0, 0.1) is 5.92 Å². The van der Waals surface area contributed by atoms with Gasteiger partial charge in [-0.3, -0.25) is 9.59 Å². The molecule has 1 unspecified atom stereocenters. The number of nitrogens with one attached hydrogen (secondary N) is 1. The van der Waals surface area contributed by atoms with Gasteiger partial charge in [-0.25, -0.2) is 0 Å². The van der Waals surface area contributed by atoms with E-state index in [0.29, 0.717) is 25.3 Å². The van der Waals surface area contributed by atoms with Crippen molar-refractivity contribution in [2.24, 2.45) is 5.92 Å². The highest BCUT2D eigenvalue weighted by Gasteiger charge is 2.52. The van der Waals surface area contributed by atoms with Crippen LogP contribution in [-0.2, 0) is 9.59 Å². The van der Waals surface area contributed by atoms with Gasteiger partial charge in [-0.15, -0.1) is 0 Å². The number of amides is 2. The van der Waals surface area contributed by atoms with E-state index in [2.05, 4.69) is 5.32 Å². The molecular weight excluding hydrogens is 216 g/mol. The monoisotopic (exact) mass is 238 g/mol. The number of piperazine rings is 1. The first-order valence-corrected chi connectivity index (χ1v) is 6.72. The Balaban J connectivity index is 2.29. The smallest absolute Gasteiger partial charge is 0.248 e. The molecule has 1 N–H and O–H groups in total. The molecule has 1 aliphatic heterocycles. The molecule has 0 spiro atoms. The fourth-order valence-electron chi connectivity index (χ4n) is 2.86. The highest BCUT2D eigenvalue weighted by molar-refractivity contribution is 6.00. The van der Waals surface area contributed by atoms with Crippen LogP contribution in [0.3, 0.4) is 0 Å². The molecule has 2 aliphatic rings. The zero-order valence-corrected chi connectivity index (χ0v) is 11.0. The molecule has 0 aromatic heterocycles. The standard InChI is InChI=1S/C13H22N2O2/c1-4-13(5-2)12(17)15(6-3)10(9-7-8-9)11(16)14-13/h9-10H,4-8H2,1-3H3,(H,14,16). The fourth-order valence-corrected chi connectivity index (χ4v) is 2.86. The Morgan fingerprint density at radius 1 is 1.24 bits per heavy atom. The third-order valence-corrected chi connectivity index (χ3v) is 4.25. The summed E-state index contributed by atoms with van der Waals surface area (Å²) in [6.45, 7) is 6.52. The Bertz CT molecular complexity index is 332. The topological polar surface area (TPSA) is 49.4 Å². The summed E-state index contributed by atoms with van der Waals surface area (Å²) in [4.78, 5) is 26.6. The number of hydrogen-bond acceptors (Lipinski definition) is 2. The first-order chi connectivity index (χ1) is 8.09. The summed E-state index contributed by atoms with van der Waals surface area (Å²) in [6, 6.07) is -0.210. The summed E-state index contributed by atoms with van der Waals surface area (Å²) in [5, 5.41) is 2.98. The minimum atomic E-state index is -0.654. The Labute approximate surface area is 103 Å². The van der Waals surface area contributed by atoms with Gasteiger partial charge < -0.3 is 10.2 Å². The molecule has 2 fully saturated rings. The van der Waals surface area contributed by atoms with E-state index < -0.39 is 5.54 Å². The van der Waals surface area contributed by atoms with Gasteiger partial charge in [-0.05, 0) is 38.5 Å². The number of carbonyl (C=O) groups excluding carboxylic acids is 2. The Hall–Kier alpha value is -1.06. The van der Waals surface area contributed by atoms with E-state index >= 15 is 0 Å². The first kappa shape index (κ1) is 12.4. The lowest BCUT2D eigenvalue weighted by Crippen LogP contribution is -2.70. The molecule has 1 saturated heterocycles. The number of hydrogen-bond donors (Lipinski definition) is 1. The van der Waals surface area contributed by atoms with Crippen LogP contribution in [-0.4, -0.2) is 34.8 Å². The summed E-state index contributed by atoms with van der Waals surface area (Å²) in [5.41, 5.74) is -0.654. The molecule has 1 aliphatic carbocycles. The molecule has 0 bridgehead atoms. The summed E-state index contributed by atoms with van der Waals surface area (Å²) in [6.07, 6.45) is 3.49. The lowest BCUT2D eigenvalue weighted by atomic mass is 9.86. The van der Waals surface area contributed by atoms with Crippen molar-refractivity contribution in [1.82, 2.24) is 10.2 Å². The van der Waals surface area contributed by atoms with Crippen LogP contribution in [0.5, 0.6) is 0 Å². The zero-order chi connectivity index (χ0) is 12.6. The normalized spacial score (nSPS) is 28.2. The van der Waals surface area contributed by atoms with E-state index in [0.717, 1.165) is 12.8 Å². The van der Waals surface area contributed by atoms with Gasteiger partial charge in [-0.1, -0.05) is 13.8 Å². The molecule has 96 valence electrons. The second-order valence-electron chi connectivity index (χ2n) is 5.15. The molecule has 4 heteroatoms. The maximum Gasteiger partial charge on any atom is 0.248 e. The Kier molecular flexibility index (Phi) is 3.15. The van der Waals surface area contributed by atoms with E-state index in [9.17, 15) is 9.59 Å². The summed E-state index contributed by atoms with van der Waals surface area (Å²) < 4.78 is 0. The minimum absolute atomic E-state index is 0.0534. The molecule has 2 rings (SSSR count). The predicted molar refractivity (Wildman–Crippen MR) is 65.4 cm³/mol. The average molecular weight is 238 g/mol. The minimum Gasteiger partial charge on any atom is -0.340 e. The van der Waals surface area contributed by atoms with Gasteiger partial charge in [0.25, 0.3) is 0 Å². The molecule has 1 atom stereocenters. The highest BCUT2D eigenvalue weighted by Crippen LogP contribution is 2.39. The zero-order valence-electron chi connectivity index (χ0n) is 11.0.